The number of nitrogens with two attached hydrogens (primary N) is 1. The smallest absolute Gasteiger partial charge is 0.142 e. The van der Waals surface area contributed by atoms with E-state index >= 15 is 0 Å². The minimum atomic E-state index is -0.104. The molecule has 0 aliphatic carbocycles. The number of hydrogen-bond acceptors (Lipinski definition) is 5. The van der Waals surface area contributed by atoms with Crippen molar-refractivity contribution in [3.05, 3.63) is 24.0 Å². The van der Waals surface area contributed by atoms with Crippen molar-refractivity contribution in [3.8, 4) is 5.75 Å². The lowest BCUT2D eigenvalue weighted by Crippen LogP contribution is -2.53. The van der Waals surface area contributed by atoms with Crippen LogP contribution in [0.3, 0.4) is 0 Å². The molecule has 1 aromatic heterocycles. The van der Waals surface area contributed by atoms with E-state index in [2.05, 4.69) is 29.2 Å². The Morgan fingerprint density at radius 1 is 1.42 bits per heavy atom. The molecule has 1 atom stereocenters. The van der Waals surface area contributed by atoms with Gasteiger partial charge in [-0.25, -0.2) is 5.43 Å². The molecule has 0 spiro atoms. The number of hydrogen-bond donors (Lipinski definition) is 2. The third-order valence-corrected chi connectivity index (χ3v) is 4.09. The number of likely N-dealkylation sites (tertiary alicyclic amines) is 1. The molecule has 2 rings (SSSR count). The number of methoxy groups -OCH3 is 1. The lowest BCUT2D eigenvalue weighted by Gasteiger charge is -2.41. The Labute approximate surface area is 115 Å². The van der Waals surface area contributed by atoms with E-state index in [1.807, 2.05) is 12.1 Å². The summed E-state index contributed by atoms with van der Waals surface area (Å²) >= 11 is 0. The van der Waals surface area contributed by atoms with Crippen LogP contribution in [0.2, 0.25) is 0 Å². The van der Waals surface area contributed by atoms with Crippen molar-refractivity contribution in [2.45, 2.75) is 38.3 Å². The molecular formula is C14H24N4O. The maximum absolute atomic E-state index is 5.81. The van der Waals surface area contributed by atoms with Crippen LogP contribution < -0.4 is 16.0 Å². The molecule has 19 heavy (non-hydrogen) atoms. The second kappa shape index (κ2) is 5.86. The number of hydrazine groups is 1. The Kier molecular flexibility index (Phi) is 4.39. The molecule has 1 unspecified atom stereocenters. The molecule has 1 aliphatic heterocycles. The maximum Gasteiger partial charge on any atom is 0.142 e. The van der Waals surface area contributed by atoms with Gasteiger partial charge in [-0.3, -0.25) is 15.7 Å². The predicted molar refractivity (Wildman–Crippen MR) is 75.7 cm³/mol. The van der Waals surface area contributed by atoms with E-state index in [4.69, 9.17) is 10.6 Å². The molecule has 0 saturated carbocycles. The highest BCUT2D eigenvalue weighted by Crippen LogP contribution is 2.35. The molecule has 0 bridgehead atoms. The zero-order chi connectivity index (χ0) is 13.9. The molecule has 0 amide bonds. The first kappa shape index (κ1) is 14.2. The predicted octanol–water partition coefficient (Wildman–Crippen LogP) is 1.47. The van der Waals surface area contributed by atoms with Gasteiger partial charge < -0.3 is 4.74 Å². The van der Waals surface area contributed by atoms with Crippen molar-refractivity contribution >= 4 is 0 Å². The summed E-state index contributed by atoms with van der Waals surface area (Å²) in [4.78, 5) is 6.93. The Hall–Kier alpha value is -1.17. The SMILES string of the molecule is COc1cccnc1C(NN)C(C)(C)N1CCCC1. The Morgan fingerprint density at radius 3 is 2.68 bits per heavy atom. The summed E-state index contributed by atoms with van der Waals surface area (Å²) < 4.78 is 5.41. The fraction of sp³-hybridized carbons (Fsp3) is 0.643. The summed E-state index contributed by atoms with van der Waals surface area (Å²) in [5.74, 6) is 6.59. The van der Waals surface area contributed by atoms with Crippen LogP contribution in [0.25, 0.3) is 0 Å². The van der Waals surface area contributed by atoms with Gasteiger partial charge in [-0.1, -0.05) is 0 Å². The molecule has 106 valence electrons. The average Bonchev–Trinajstić information content (AvgIpc) is 2.94. The third kappa shape index (κ3) is 2.73. The highest BCUT2D eigenvalue weighted by Gasteiger charge is 2.39. The van der Waals surface area contributed by atoms with E-state index in [-0.39, 0.29) is 11.6 Å². The van der Waals surface area contributed by atoms with Crippen LogP contribution in [0.5, 0.6) is 5.75 Å². The zero-order valence-electron chi connectivity index (χ0n) is 12.0. The highest BCUT2D eigenvalue weighted by atomic mass is 16.5. The van der Waals surface area contributed by atoms with E-state index in [0.717, 1.165) is 24.5 Å². The van der Waals surface area contributed by atoms with E-state index in [9.17, 15) is 0 Å². The fourth-order valence-corrected chi connectivity index (χ4v) is 2.89. The molecule has 0 aromatic carbocycles. The van der Waals surface area contributed by atoms with Crippen molar-refractivity contribution in [1.82, 2.24) is 15.3 Å². The maximum atomic E-state index is 5.81. The van der Waals surface area contributed by atoms with E-state index in [1.165, 1.54) is 12.8 Å². The van der Waals surface area contributed by atoms with Crippen molar-refractivity contribution in [1.29, 1.82) is 0 Å². The van der Waals surface area contributed by atoms with Crippen molar-refractivity contribution in [2.75, 3.05) is 20.2 Å². The van der Waals surface area contributed by atoms with Crippen molar-refractivity contribution in [3.63, 3.8) is 0 Å². The van der Waals surface area contributed by atoms with Gasteiger partial charge in [-0.2, -0.15) is 0 Å². The molecule has 5 heteroatoms. The van der Waals surface area contributed by atoms with E-state index in [1.54, 1.807) is 13.3 Å². The lowest BCUT2D eigenvalue weighted by atomic mass is 9.89. The van der Waals surface area contributed by atoms with Crippen LogP contribution >= 0.6 is 0 Å². The van der Waals surface area contributed by atoms with Gasteiger partial charge >= 0.3 is 0 Å². The summed E-state index contributed by atoms with van der Waals surface area (Å²) in [6.07, 6.45) is 4.28. The number of ether oxygens (including phenoxy) is 1. The van der Waals surface area contributed by atoms with Crippen LogP contribution in [-0.2, 0) is 0 Å². The molecule has 1 fully saturated rings. The molecule has 2 heterocycles. The van der Waals surface area contributed by atoms with Gasteiger partial charge in [0, 0.05) is 11.7 Å². The summed E-state index contributed by atoms with van der Waals surface area (Å²) in [6.45, 7) is 6.63. The average molecular weight is 264 g/mol. The number of rotatable bonds is 5. The molecule has 5 nitrogen and oxygen atoms in total. The summed E-state index contributed by atoms with van der Waals surface area (Å²) in [5, 5.41) is 0. The molecule has 0 radical (unpaired) electrons. The summed E-state index contributed by atoms with van der Waals surface area (Å²) in [6, 6.07) is 3.73. The monoisotopic (exact) mass is 264 g/mol. The summed E-state index contributed by atoms with van der Waals surface area (Å²) in [7, 11) is 1.66. The van der Waals surface area contributed by atoms with Gasteiger partial charge in [0.05, 0.1) is 13.2 Å². The molecule has 1 aromatic rings. The van der Waals surface area contributed by atoms with Gasteiger partial charge in [-0.15, -0.1) is 0 Å². The van der Waals surface area contributed by atoms with Crippen LogP contribution in [0, 0.1) is 0 Å². The zero-order valence-corrected chi connectivity index (χ0v) is 12.0. The van der Waals surface area contributed by atoms with Crippen LogP contribution in [0.15, 0.2) is 18.3 Å². The molecule has 1 aliphatic rings. The van der Waals surface area contributed by atoms with Crippen LogP contribution in [0.4, 0.5) is 0 Å². The number of nitrogens with zero attached hydrogens (tertiary/aromatic N) is 2. The fourth-order valence-electron chi connectivity index (χ4n) is 2.89. The van der Waals surface area contributed by atoms with E-state index in [0.29, 0.717) is 0 Å². The van der Waals surface area contributed by atoms with Gasteiger partial charge in [-0.05, 0) is 51.9 Å². The number of nitrogens with one attached hydrogen (secondary N) is 1. The van der Waals surface area contributed by atoms with Crippen molar-refractivity contribution in [2.24, 2.45) is 5.84 Å². The van der Waals surface area contributed by atoms with Gasteiger partial charge in [0.1, 0.15) is 11.4 Å². The lowest BCUT2D eigenvalue weighted by molar-refractivity contribution is 0.103. The summed E-state index contributed by atoms with van der Waals surface area (Å²) in [5.41, 5.74) is 3.69. The highest BCUT2D eigenvalue weighted by molar-refractivity contribution is 5.31. The second-order valence-corrected chi connectivity index (χ2v) is 5.54. The van der Waals surface area contributed by atoms with Gasteiger partial charge in [0.15, 0.2) is 0 Å². The van der Waals surface area contributed by atoms with Crippen LogP contribution in [-0.4, -0.2) is 35.6 Å². The van der Waals surface area contributed by atoms with Crippen molar-refractivity contribution < 1.29 is 4.74 Å². The minimum Gasteiger partial charge on any atom is -0.495 e. The Morgan fingerprint density at radius 2 is 2.11 bits per heavy atom. The normalized spacial score (nSPS) is 18.5. The molecular weight excluding hydrogens is 240 g/mol. The number of pyridine rings is 1. The molecule has 3 N–H and O–H groups in total. The first-order valence-electron chi connectivity index (χ1n) is 6.81. The first-order valence-corrected chi connectivity index (χ1v) is 6.81. The van der Waals surface area contributed by atoms with Gasteiger partial charge in [0.2, 0.25) is 0 Å². The standard InChI is InChI=1S/C14H24N4O/c1-14(2,18-9-4-5-10-18)13(17-15)12-11(19-3)7-6-8-16-12/h6-8,13,17H,4-5,9-10,15H2,1-3H3. The molecule has 1 saturated heterocycles. The Bertz CT molecular complexity index is 416. The number of aromatic nitrogens is 1. The topological polar surface area (TPSA) is 63.4 Å². The van der Waals surface area contributed by atoms with Crippen LogP contribution in [0.1, 0.15) is 38.4 Å². The first-order chi connectivity index (χ1) is 9.11. The minimum absolute atomic E-state index is 0.0678. The Balaban J connectivity index is 2.32. The third-order valence-electron chi connectivity index (χ3n) is 4.09. The van der Waals surface area contributed by atoms with Gasteiger partial charge in [0.25, 0.3) is 0 Å². The second-order valence-electron chi connectivity index (χ2n) is 5.54. The quantitative estimate of drug-likeness (QED) is 0.623. The van der Waals surface area contributed by atoms with E-state index < -0.39 is 0 Å². The largest absolute Gasteiger partial charge is 0.495 e.